The highest BCUT2D eigenvalue weighted by Gasteiger charge is 2.34. The van der Waals surface area contributed by atoms with E-state index in [4.69, 9.17) is 9.73 Å². The minimum absolute atomic E-state index is 0.0402. The molecule has 0 radical (unpaired) electrons. The summed E-state index contributed by atoms with van der Waals surface area (Å²) in [5.41, 5.74) is 13.7. The van der Waals surface area contributed by atoms with E-state index >= 15 is 0 Å². The number of hydrogen-bond acceptors (Lipinski definition) is 5. The molecule has 5 aromatic carbocycles. The van der Waals surface area contributed by atoms with Gasteiger partial charge in [0.25, 0.3) is 0 Å². The van der Waals surface area contributed by atoms with Crippen molar-refractivity contribution in [3.8, 4) is 0 Å². The van der Waals surface area contributed by atoms with Crippen LogP contribution in [0.25, 0.3) is 16.3 Å². The molecule has 268 valence electrons. The number of nitrogens with zero attached hydrogens (tertiary/aromatic N) is 2. The van der Waals surface area contributed by atoms with Crippen LogP contribution in [-0.2, 0) is 4.74 Å². The van der Waals surface area contributed by atoms with Crippen molar-refractivity contribution in [2.75, 3.05) is 0 Å². The van der Waals surface area contributed by atoms with Crippen LogP contribution in [-0.4, -0.2) is 11.7 Å². The number of allylic oxidation sites excluding steroid dienone is 9. The Bertz CT molecular complexity index is 2510. The molecule has 5 unspecified atom stereocenters. The second-order valence-corrected chi connectivity index (χ2v) is 15.0. The molecule has 0 aromatic heterocycles. The lowest BCUT2D eigenvalue weighted by molar-refractivity contribution is 0.192. The first kappa shape index (κ1) is 33.1. The smallest absolute Gasteiger partial charge is 0.240 e. The molecule has 3 aliphatic carbocycles. The van der Waals surface area contributed by atoms with Gasteiger partial charge in [0.15, 0.2) is 0 Å². The zero-order valence-electron chi connectivity index (χ0n) is 30.6. The molecular formula is C50H42N4O. The van der Waals surface area contributed by atoms with Crippen LogP contribution in [0.3, 0.4) is 0 Å². The van der Waals surface area contributed by atoms with Crippen LogP contribution >= 0.6 is 0 Å². The molecule has 5 aromatic rings. The number of nitrogens with one attached hydrogen (secondary N) is 2. The minimum Gasteiger partial charge on any atom is -0.446 e. The van der Waals surface area contributed by atoms with E-state index in [2.05, 4.69) is 192 Å². The van der Waals surface area contributed by atoms with Crippen LogP contribution in [0.1, 0.15) is 59.3 Å². The Kier molecular flexibility index (Phi) is 8.68. The van der Waals surface area contributed by atoms with E-state index in [9.17, 15) is 0 Å². The van der Waals surface area contributed by atoms with E-state index in [0.29, 0.717) is 23.7 Å². The Balaban J connectivity index is 0.909. The van der Waals surface area contributed by atoms with Crippen LogP contribution in [0, 0.1) is 17.8 Å². The van der Waals surface area contributed by atoms with Gasteiger partial charge in [0.1, 0.15) is 5.84 Å². The molecule has 0 bridgehead atoms. The van der Waals surface area contributed by atoms with Gasteiger partial charge in [-0.1, -0.05) is 158 Å². The van der Waals surface area contributed by atoms with E-state index in [0.717, 1.165) is 46.5 Å². The van der Waals surface area contributed by atoms with Crippen molar-refractivity contribution in [1.29, 1.82) is 0 Å². The molecule has 5 atom stereocenters. The fourth-order valence-corrected chi connectivity index (χ4v) is 8.74. The first-order valence-corrected chi connectivity index (χ1v) is 19.5. The summed E-state index contributed by atoms with van der Waals surface area (Å²) in [5.74, 6) is 2.81. The molecule has 0 saturated carbocycles. The fraction of sp³-hybridized carbons (Fsp3) is 0.160. The largest absolute Gasteiger partial charge is 0.446 e. The van der Waals surface area contributed by atoms with Crippen molar-refractivity contribution < 1.29 is 4.74 Å². The molecule has 55 heavy (non-hydrogen) atoms. The van der Waals surface area contributed by atoms with Gasteiger partial charge in [-0.05, 0) is 93.8 Å². The third kappa shape index (κ3) is 6.57. The third-order valence-corrected chi connectivity index (χ3v) is 11.6. The molecule has 2 aliphatic heterocycles. The van der Waals surface area contributed by atoms with Gasteiger partial charge >= 0.3 is 0 Å². The third-order valence-electron chi connectivity index (χ3n) is 11.6. The Morgan fingerprint density at radius 3 is 2.36 bits per heavy atom. The van der Waals surface area contributed by atoms with Gasteiger partial charge in [0.05, 0.1) is 11.7 Å². The molecular weight excluding hydrogens is 673 g/mol. The number of hydrazone groups is 1. The number of fused-ring (bicyclic) bond motifs is 2. The lowest BCUT2D eigenvalue weighted by atomic mass is 9.67. The Hall–Kier alpha value is -6.46. The van der Waals surface area contributed by atoms with Crippen LogP contribution in [0.2, 0.25) is 0 Å². The summed E-state index contributed by atoms with van der Waals surface area (Å²) in [6.45, 7) is 0. The summed E-state index contributed by atoms with van der Waals surface area (Å²) in [5, 5.41) is 10.6. The van der Waals surface area contributed by atoms with E-state index < -0.39 is 0 Å². The highest BCUT2D eigenvalue weighted by Crippen LogP contribution is 2.45. The molecule has 0 fully saturated rings. The highest BCUT2D eigenvalue weighted by atomic mass is 16.5. The van der Waals surface area contributed by atoms with Crippen LogP contribution in [0.15, 0.2) is 203 Å². The van der Waals surface area contributed by atoms with E-state index in [-0.39, 0.29) is 12.3 Å². The Labute approximate surface area is 322 Å². The molecule has 0 spiro atoms. The maximum atomic E-state index is 6.47. The van der Waals surface area contributed by atoms with Crippen molar-refractivity contribution >= 4 is 28.1 Å². The van der Waals surface area contributed by atoms with E-state index in [1.165, 1.54) is 39.7 Å². The SMILES string of the molecule is C1=CC2=CC(c3cccc(C4NN=C(c5cccc6ccccc56)O4)c3)=CC(C3C=CC(C4=CC(c5ccccc5)NC(c5ccccc5)=N4)=CC3)C2CC1. The van der Waals surface area contributed by atoms with Crippen LogP contribution < -0.4 is 10.7 Å². The van der Waals surface area contributed by atoms with Gasteiger partial charge < -0.3 is 10.1 Å². The topological polar surface area (TPSA) is 58.0 Å². The number of benzene rings is 5. The number of rotatable bonds is 7. The average molecular weight is 715 g/mol. The molecule has 5 aliphatic rings. The quantitative estimate of drug-likeness (QED) is 0.176. The highest BCUT2D eigenvalue weighted by molar-refractivity contribution is 6.07. The molecule has 5 heteroatoms. The van der Waals surface area contributed by atoms with Crippen molar-refractivity contribution in [3.63, 3.8) is 0 Å². The van der Waals surface area contributed by atoms with Crippen LogP contribution in [0.5, 0.6) is 0 Å². The van der Waals surface area contributed by atoms with Gasteiger partial charge in [0.2, 0.25) is 12.1 Å². The van der Waals surface area contributed by atoms with Crippen molar-refractivity contribution in [2.24, 2.45) is 27.8 Å². The maximum absolute atomic E-state index is 6.47. The summed E-state index contributed by atoms with van der Waals surface area (Å²) >= 11 is 0. The maximum Gasteiger partial charge on any atom is 0.240 e. The molecule has 2 heterocycles. The van der Waals surface area contributed by atoms with Crippen molar-refractivity contribution in [3.05, 3.63) is 221 Å². The zero-order valence-corrected chi connectivity index (χ0v) is 30.6. The standard InChI is InChI=1S/C50H42N4O/c1-3-14-35(15-4-1)46-32-47(52-48(51-46)37-16-5-2-6-17-37)36-27-25-34(26-28-36)45-31-41(30-39-18-8-10-23-43(39)45)38-20-11-21-40(29-38)49-53-54-50(55-49)44-24-12-19-33-13-7-9-22-42(33)44/h1-9,11-22,24-25,27-32,34,43,45-46,49,53H,10,23,26H2,(H,51,52). The normalized spacial score (nSPS) is 24.2. The van der Waals surface area contributed by atoms with Crippen molar-refractivity contribution in [2.45, 2.75) is 31.5 Å². The molecule has 0 amide bonds. The van der Waals surface area contributed by atoms with E-state index in [1.54, 1.807) is 0 Å². The molecule has 5 nitrogen and oxygen atoms in total. The monoisotopic (exact) mass is 714 g/mol. The number of aliphatic imine (C=N–C) groups is 1. The zero-order chi connectivity index (χ0) is 36.6. The van der Waals surface area contributed by atoms with Crippen LogP contribution in [0.4, 0.5) is 0 Å². The summed E-state index contributed by atoms with van der Waals surface area (Å²) in [6, 6.07) is 44.5. The molecule has 2 N–H and O–H groups in total. The first-order valence-electron chi connectivity index (χ1n) is 19.5. The molecule has 0 saturated heterocycles. The summed E-state index contributed by atoms with van der Waals surface area (Å²) in [7, 11) is 0. The van der Waals surface area contributed by atoms with Crippen molar-refractivity contribution in [1.82, 2.24) is 10.7 Å². The summed E-state index contributed by atoms with van der Waals surface area (Å²) in [6.07, 6.45) is 22.0. The number of amidine groups is 1. The fourth-order valence-electron chi connectivity index (χ4n) is 8.74. The molecule has 10 rings (SSSR count). The summed E-state index contributed by atoms with van der Waals surface area (Å²) < 4.78 is 6.47. The predicted octanol–water partition coefficient (Wildman–Crippen LogP) is 10.9. The minimum atomic E-state index is -0.357. The lowest BCUT2D eigenvalue weighted by Gasteiger charge is -2.37. The van der Waals surface area contributed by atoms with Gasteiger partial charge in [-0.3, -0.25) is 5.43 Å². The van der Waals surface area contributed by atoms with Gasteiger partial charge in [-0.25, -0.2) is 4.99 Å². The number of hydrogen-bond donors (Lipinski definition) is 2. The Morgan fingerprint density at radius 2 is 1.49 bits per heavy atom. The predicted molar refractivity (Wildman–Crippen MR) is 224 cm³/mol. The van der Waals surface area contributed by atoms with Gasteiger partial charge in [0, 0.05) is 16.7 Å². The Morgan fingerprint density at radius 1 is 0.709 bits per heavy atom. The second kappa shape index (κ2) is 14.4. The van der Waals surface area contributed by atoms with E-state index in [1.807, 2.05) is 0 Å². The van der Waals surface area contributed by atoms with Gasteiger partial charge in [-0.15, -0.1) is 5.10 Å². The van der Waals surface area contributed by atoms with Gasteiger partial charge in [-0.2, -0.15) is 0 Å². The summed E-state index contributed by atoms with van der Waals surface area (Å²) in [4.78, 5) is 5.18. The second-order valence-electron chi connectivity index (χ2n) is 15.0. The average Bonchev–Trinajstić information content (AvgIpc) is 3.77. The lowest BCUT2D eigenvalue weighted by Crippen LogP contribution is -2.31. The first-order chi connectivity index (χ1) is 27.2. The number of ether oxygens (including phenoxy) is 1.